The van der Waals surface area contributed by atoms with Gasteiger partial charge >= 0.3 is 0 Å². The zero-order valence-corrected chi connectivity index (χ0v) is 21.9. The van der Waals surface area contributed by atoms with E-state index in [9.17, 15) is 0 Å². The fourth-order valence-electron chi connectivity index (χ4n) is 2.70. The number of hydrogen-bond donors (Lipinski definition) is 0. The number of halogens is 2. The Labute approximate surface area is 171 Å². The molecule has 0 saturated heterocycles. The molecule has 0 nitrogen and oxygen atoms in total. The summed E-state index contributed by atoms with van der Waals surface area (Å²) in [6.07, 6.45) is 14.7. The molecule has 0 spiro atoms. The van der Waals surface area contributed by atoms with Gasteiger partial charge in [-0.3, -0.25) is 0 Å². The van der Waals surface area contributed by atoms with Crippen LogP contribution in [0.15, 0.2) is 0 Å². The Balaban J connectivity index is -0.00000200. The predicted octanol–water partition coefficient (Wildman–Crippen LogP) is 9.04. The Kier molecular flexibility index (Phi) is 25.9. The average molecular weight is 494 g/mol. The first-order chi connectivity index (χ1) is 10.0. The van der Waals surface area contributed by atoms with Crippen molar-refractivity contribution in [3.05, 3.63) is 0 Å². The van der Waals surface area contributed by atoms with Crippen LogP contribution in [0.25, 0.3) is 0 Å². The zero-order valence-electron chi connectivity index (χ0n) is 16.6. The van der Waals surface area contributed by atoms with Gasteiger partial charge in [0.1, 0.15) is 0 Å². The van der Waals surface area contributed by atoms with Crippen molar-refractivity contribution in [1.82, 2.24) is 0 Å². The number of hydrogen-bond acceptors (Lipinski definition) is 0. The van der Waals surface area contributed by atoms with Crippen LogP contribution in [0.1, 0.15) is 92.9 Å². The van der Waals surface area contributed by atoms with E-state index in [2.05, 4.69) is 41.5 Å². The fraction of sp³-hybridized carbons (Fsp3) is 1.00. The van der Waals surface area contributed by atoms with Crippen molar-refractivity contribution in [2.75, 3.05) is 18.2 Å². The van der Waals surface area contributed by atoms with Crippen molar-refractivity contribution < 1.29 is 0 Å². The molecule has 0 N–H and O–H groups in total. The highest BCUT2D eigenvalue weighted by Gasteiger charge is 2.20. The lowest BCUT2D eigenvalue weighted by Crippen LogP contribution is -2.07. The molecule has 0 aromatic rings. The van der Waals surface area contributed by atoms with Crippen molar-refractivity contribution in [3.63, 3.8) is 0 Å². The third-order valence-electron chi connectivity index (χ3n) is 4.42. The summed E-state index contributed by atoms with van der Waals surface area (Å²) in [7, 11) is 0.593. The summed E-state index contributed by atoms with van der Waals surface area (Å²) in [5.41, 5.74) is 1.89. The Morgan fingerprint density at radius 3 is 1.17 bits per heavy atom. The van der Waals surface area contributed by atoms with E-state index < -0.39 is 0 Å². The van der Waals surface area contributed by atoms with Crippen LogP contribution >= 0.6 is 49.8 Å². The molecule has 0 aliphatic rings. The molecule has 0 rings (SSSR count). The van der Waals surface area contributed by atoms with Gasteiger partial charge in [0.15, 0.2) is 0 Å². The van der Waals surface area contributed by atoms with Gasteiger partial charge in [0, 0.05) is 0 Å². The molecule has 0 bridgehead atoms. The van der Waals surface area contributed by atoms with Gasteiger partial charge in [-0.25, -0.2) is 0 Å². The molecule has 144 valence electrons. The van der Waals surface area contributed by atoms with Gasteiger partial charge in [0.2, 0.25) is 0 Å². The lowest BCUT2D eigenvalue weighted by atomic mass is 10.2. The molecule has 0 aliphatic carbocycles. The topological polar surface area (TPSA) is 0 Å². The lowest BCUT2D eigenvalue weighted by Gasteiger charge is -2.30. The van der Waals surface area contributed by atoms with E-state index in [-0.39, 0.29) is 34.0 Å². The summed E-state index contributed by atoms with van der Waals surface area (Å²) in [6, 6.07) is 0. The second-order valence-corrected chi connectivity index (χ2v) is 13.5. The monoisotopic (exact) mass is 492 g/mol. The molecule has 0 aromatic heterocycles. The summed E-state index contributed by atoms with van der Waals surface area (Å²) in [5.74, 6) is 1.61. The van der Waals surface area contributed by atoms with Gasteiger partial charge in [-0.2, -0.15) is 0 Å². The van der Waals surface area contributed by atoms with Gasteiger partial charge < -0.3 is 0 Å². The second kappa shape index (κ2) is 20.1. The van der Waals surface area contributed by atoms with Crippen molar-refractivity contribution in [2.45, 2.75) is 104 Å². The normalized spacial score (nSPS) is 13.6. The Morgan fingerprint density at radius 1 is 0.565 bits per heavy atom. The quantitative estimate of drug-likeness (QED) is 0.167. The molecular weight excluding hydrogens is 450 g/mol. The van der Waals surface area contributed by atoms with Crippen LogP contribution in [0.5, 0.6) is 0 Å². The van der Waals surface area contributed by atoms with Crippen molar-refractivity contribution in [1.29, 1.82) is 0 Å². The minimum absolute atomic E-state index is 0. The van der Waals surface area contributed by atoms with E-state index in [4.69, 9.17) is 0 Å². The molecule has 0 aromatic carbocycles. The van der Waals surface area contributed by atoms with E-state index in [1.54, 1.807) is 18.2 Å². The molecule has 0 fully saturated rings. The highest BCUT2D eigenvalue weighted by molar-refractivity contribution is 8.93. The van der Waals surface area contributed by atoms with E-state index >= 15 is 0 Å². The Morgan fingerprint density at radius 2 is 0.913 bits per heavy atom. The Bertz CT molecular complexity index is 201. The maximum Gasteiger partial charge on any atom is -0.0116 e. The highest BCUT2D eigenvalue weighted by Crippen LogP contribution is 2.56. The van der Waals surface area contributed by atoms with Crippen molar-refractivity contribution >= 4 is 49.8 Å². The maximum absolute atomic E-state index is 2.48. The predicted molar refractivity (Wildman–Crippen MR) is 128 cm³/mol. The molecule has 2 unspecified atom stereocenters. The summed E-state index contributed by atoms with van der Waals surface area (Å²) < 4.78 is 0. The molecule has 4 heteroatoms. The third kappa shape index (κ3) is 17.0. The summed E-state index contributed by atoms with van der Waals surface area (Å²) in [6.45, 7) is 14.6. The first-order valence-corrected chi connectivity index (χ1v) is 13.1. The second-order valence-electron chi connectivity index (χ2n) is 7.07. The Hall–Kier alpha value is 1.82. The number of unbranched alkanes of at least 4 members (excludes halogenated alkanes) is 6. The smallest absolute Gasteiger partial charge is 0.0116 e. The molecule has 2 atom stereocenters. The van der Waals surface area contributed by atoms with Crippen LogP contribution in [0, 0.1) is 0 Å². The van der Waals surface area contributed by atoms with Gasteiger partial charge in [0.05, 0.1) is 0 Å². The molecule has 0 aliphatic heterocycles. The molecule has 0 radical (unpaired) electrons. The van der Waals surface area contributed by atoms with Crippen LogP contribution in [-0.2, 0) is 0 Å². The molecule has 0 saturated carbocycles. The van der Waals surface area contributed by atoms with Gasteiger partial charge in [-0.1, -0.05) is 95.9 Å². The highest BCUT2D eigenvalue weighted by atomic mass is 79.9. The maximum atomic E-state index is 2.48. The number of rotatable bonds is 14. The van der Waals surface area contributed by atoms with E-state index in [1.165, 1.54) is 51.4 Å². The van der Waals surface area contributed by atoms with Crippen molar-refractivity contribution in [2.24, 2.45) is 0 Å². The van der Waals surface area contributed by atoms with E-state index in [1.807, 2.05) is 0 Å². The van der Waals surface area contributed by atoms with Gasteiger partial charge in [0.25, 0.3) is 0 Å². The lowest BCUT2D eigenvalue weighted by molar-refractivity contribution is 0.702. The van der Waals surface area contributed by atoms with Crippen LogP contribution in [0.3, 0.4) is 0 Å². The minimum atomic E-state index is 0. The average Bonchev–Trinajstić information content (AvgIpc) is 2.44. The third-order valence-corrected chi connectivity index (χ3v) is 12.0. The summed E-state index contributed by atoms with van der Waals surface area (Å²) in [4.78, 5) is 0. The minimum Gasteiger partial charge on any atom is -0.114 e. The standard InChI is InChI=1S/C19H42P2.2BrH/c1-7-9-11-13-15-20(18(3)4)17-21(19(5)6)16-14-12-10-8-2;;/h18-19H,7-17H2,1-6H3;2*1H. The van der Waals surface area contributed by atoms with Gasteiger partial charge in [-0.15, -0.1) is 34.0 Å². The molecule has 23 heavy (non-hydrogen) atoms. The largest absolute Gasteiger partial charge is 0.114 e. The van der Waals surface area contributed by atoms with Crippen LogP contribution in [-0.4, -0.2) is 29.5 Å². The fourth-order valence-corrected chi connectivity index (χ4v) is 10.6. The van der Waals surface area contributed by atoms with E-state index in [0.717, 1.165) is 11.3 Å². The summed E-state index contributed by atoms with van der Waals surface area (Å²) in [5, 5.41) is 0. The summed E-state index contributed by atoms with van der Waals surface area (Å²) >= 11 is 0. The first-order valence-electron chi connectivity index (χ1n) is 9.50. The molecule has 0 amide bonds. The SMILES string of the molecule is Br.Br.CCCCCCP(CP(CCCCCC)C(C)C)C(C)C. The van der Waals surface area contributed by atoms with Gasteiger partial charge in [-0.05, 0) is 42.4 Å². The molecule has 0 heterocycles. The van der Waals surface area contributed by atoms with E-state index in [0.29, 0.717) is 15.8 Å². The van der Waals surface area contributed by atoms with Crippen LogP contribution < -0.4 is 0 Å². The van der Waals surface area contributed by atoms with Crippen LogP contribution in [0.2, 0.25) is 0 Å². The van der Waals surface area contributed by atoms with Crippen LogP contribution in [0.4, 0.5) is 0 Å². The van der Waals surface area contributed by atoms with Crippen molar-refractivity contribution in [3.8, 4) is 0 Å². The zero-order chi connectivity index (χ0) is 16.1. The molecular formula is C19H44Br2P2. The first kappa shape index (κ1) is 29.6.